The summed E-state index contributed by atoms with van der Waals surface area (Å²) >= 11 is 0. The van der Waals surface area contributed by atoms with Crippen molar-refractivity contribution in [3.8, 4) is 11.1 Å². The summed E-state index contributed by atoms with van der Waals surface area (Å²) in [7, 11) is 4.06. The van der Waals surface area contributed by atoms with Gasteiger partial charge in [-0.15, -0.1) is 0 Å². The second-order valence-corrected chi connectivity index (χ2v) is 4.82. The molecule has 0 aliphatic carbocycles. The number of benzene rings is 2. The molecule has 3 nitrogen and oxygen atoms in total. The number of carbonyl (C=O) groups is 1. The van der Waals surface area contributed by atoms with Gasteiger partial charge in [0.05, 0.1) is 5.56 Å². The van der Waals surface area contributed by atoms with Crippen molar-refractivity contribution in [3.63, 3.8) is 0 Å². The lowest BCUT2D eigenvalue weighted by molar-refractivity contribution is 0.0697. The minimum atomic E-state index is -0.897. The molecule has 0 aromatic heterocycles. The van der Waals surface area contributed by atoms with Crippen molar-refractivity contribution in [2.75, 3.05) is 14.1 Å². The Labute approximate surface area is 113 Å². The highest BCUT2D eigenvalue weighted by atomic mass is 16.4. The highest BCUT2D eigenvalue weighted by molar-refractivity contribution is 5.89. The number of carboxylic acid groups (broad SMARTS) is 1. The summed E-state index contributed by atoms with van der Waals surface area (Å²) in [6.45, 7) is 0.898. The van der Waals surface area contributed by atoms with E-state index < -0.39 is 5.97 Å². The normalized spacial score (nSPS) is 10.7. The second-order valence-electron chi connectivity index (χ2n) is 4.82. The van der Waals surface area contributed by atoms with Crippen LogP contribution in [0.4, 0.5) is 0 Å². The van der Waals surface area contributed by atoms with Crippen LogP contribution in [-0.4, -0.2) is 30.1 Å². The zero-order valence-electron chi connectivity index (χ0n) is 11.1. The molecule has 0 spiro atoms. The molecule has 0 atom stereocenters. The molecule has 0 aliphatic rings. The summed E-state index contributed by atoms with van der Waals surface area (Å²) in [4.78, 5) is 13.1. The first-order valence-electron chi connectivity index (χ1n) is 6.13. The molecular weight excluding hydrogens is 238 g/mol. The van der Waals surface area contributed by atoms with Crippen molar-refractivity contribution in [2.45, 2.75) is 6.54 Å². The number of hydrogen-bond donors (Lipinski definition) is 1. The Hall–Kier alpha value is -2.13. The van der Waals surface area contributed by atoms with Gasteiger partial charge in [0.15, 0.2) is 0 Å². The molecule has 3 heteroatoms. The maximum Gasteiger partial charge on any atom is 0.335 e. The third-order valence-electron chi connectivity index (χ3n) is 2.90. The van der Waals surface area contributed by atoms with Crippen LogP contribution in [0.3, 0.4) is 0 Å². The molecule has 0 bridgehead atoms. The van der Waals surface area contributed by atoms with Crippen LogP contribution in [0.15, 0.2) is 48.5 Å². The average Bonchev–Trinajstić information content (AvgIpc) is 2.39. The van der Waals surface area contributed by atoms with E-state index in [0.717, 1.165) is 17.7 Å². The van der Waals surface area contributed by atoms with Gasteiger partial charge >= 0.3 is 5.97 Å². The molecule has 2 aromatic rings. The fourth-order valence-electron chi connectivity index (χ4n) is 2.00. The maximum atomic E-state index is 11.0. The third kappa shape index (κ3) is 3.42. The van der Waals surface area contributed by atoms with Crippen LogP contribution in [0.1, 0.15) is 15.9 Å². The van der Waals surface area contributed by atoms with Crippen molar-refractivity contribution >= 4 is 5.97 Å². The summed E-state index contributed by atoms with van der Waals surface area (Å²) in [5, 5.41) is 8.99. The molecule has 0 saturated carbocycles. The van der Waals surface area contributed by atoms with Crippen LogP contribution < -0.4 is 0 Å². The van der Waals surface area contributed by atoms with Crippen LogP contribution >= 0.6 is 0 Å². The van der Waals surface area contributed by atoms with Gasteiger partial charge in [0.2, 0.25) is 0 Å². The summed E-state index contributed by atoms with van der Waals surface area (Å²) in [6.07, 6.45) is 0. The first-order valence-corrected chi connectivity index (χ1v) is 6.13. The topological polar surface area (TPSA) is 40.5 Å². The predicted molar refractivity (Wildman–Crippen MR) is 76.2 cm³/mol. The Morgan fingerprint density at radius 1 is 1.05 bits per heavy atom. The lowest BCUT2D eigenvalue weighted by Crippen LogP contribution is -2.10. The van der Waals surface area contributed by atoms with Crippen LogP contribution in [0.2, 0.25) is 0 Å². The summed E-state index contributed by atoms with van der Waals surface area (Å²) in [5.74, 6) is -0.897. The van der Waals surface area contributed by atoms with E-state index in [-0.39, 0.29) is 0 Å². The minimum Gasteiger partial charge on any atom is -0.478 e. The Bertz CT molecular complexity index is 574. The molecule has 0 heterocycles. The van der Waals surface area contributed by atoms with E-state index in [0.29, 0.717) is 5.56 Å². The van der Waals surface area contributed by atoms with E-state index in [1.54, 1.807) is 18.2 Å². The standard InChI is InChI=1S/C16H17NO2/c1-17(2)11-12-6-8-13(9-7-12)14-4-3-5-15(10-14)16(18)19/h3-10H,11H2,1-2H3,(H,18,19). The molecule has 0 radical (unpaired) electrons. The van der Waals surface area contributed by atoms with Gasteiger partial charge < -0.3 is 10.0 Å². The Kier molecular flexibility index (Phi) is 3.97. The van der Waals surface area contributed by atoms with Crippen molar-refractivity contribution < 1.29 is 9.90 Å². The van der Waals surface area contributed by atoms with E-state index in [1.165, 1.54) is 5.56 Å². The van der Waals surface area contributed by atoms with Gasteiger partial charge in [-0.1, -0.05) is 36.4 Å². The predicted octanol–water partition coefficient (Wildman–Crippen LogP) is 3.11. The highest BCUT2D eigenvalue weighted by Crippen LogP contribution is 2.21. The smallest absolute Gasteiger partial charge is 0.335 e. The lowest BCUT2D eigenvalue weighted by atomic mass is 10.0. The molecule has 0 saturated heterocycles. The second kappa shape index (κ2) is 5.67. The summed E-state index contributed by atoms with van der Waals surface area (Å²) in [5.41, 5.74) is 3.51. The average molecular weight is 255 g/mol. The monoisotopic (exact) mass is 255 g/mol. The van der Waals surface area contributed by atoms with Crippen molar-refractivity contribution in [2.24, 2.45) is 0 Å². The molecule has 19 heavy (non-hydrogen) atoms. The summed E-state index contributed by atoms with van der Waals surface area (Å²) in [6, 6.07) is 15.2. The molecular formula is C16H17NO2. The van der Waals surface area contributed by atoms with Crippen molar-refractivity contribution in [1.82, 2.24) is 4.90 Å². The van der Waals surface area contributed by atoms with E-state index in [1.807, 2.05) is 32.3 Å². The quantitative estimate of drug-likeness (QED) is 0.912. The van der Waals surface area contributed by atoms with Gasteiger partial charge in [0.25, 0.3) is 0 Å². The fraction of sp³-hybridized carbons (Fsp3) is 0.188. The SMILES string of the molecule is CN(C)Cc1ccc(-c2cccc(C(=O)O)c2)cc1. The van der Waals surface area contributed by atoms with E-state index in [9.17, 15) is 4.79 Å². The van der Waals surface area contributed by atoms with Gasteiger partial charge in [-0.2, -0.15) is 0 Å². The van der Waals surface area contributed by atoms with Gasteiger partial charge in [-0.25, -0.2) is 4.79 Å². The van der Waals surface area contributed by atoms with Crippen LogP contribution in [0.25, 0.3) is 11.1 Å². The zero-order valence-corrected chi connectivity index (χ0v) is 11.1. The first-order chi connectivity index (χ1) is 9.06. The zero-order chi connectivity index (χ0) is 13.8. The van der Waals surface area contributed by atoms with Crippen LogP contribution in [-0.2, 0) is 6.54 Å². The molecule has 0 fully saturated rings. The fourth-order valence-corrected chi connectivity index (χ4v) is 2.00. The molecule has 2 rings (SSSR count). The maximum absolute atomic E-state index is 11.0. The minimum absolute atomic E-state index is 0.315. The Morgan fingerprint density at radius 2 is 1.74 bits per heavy atom. The summed E-state index contributed by atoms with van der Waals surface area (Å²) < 4.78 is 0. The Morgan fingerprint density at radius 3 is 2.32 bits per heavy atom. The van der Waals surface area contributed by atoms with Crippen LogP contribution in [0, 0.1) is 0 Å². The number of rotatable bonds is 4. The lowest BCUT2D eigenvalue weighted by Gasteiger charge is -2.10. The molecule has 0 aliphatic heterocycles. The number of nitrogens with zero attached hydrogens (tertiary/aromatic N) is 1. The molecule has 0 unspecified atom stereocenters. The number of hydrogen-bond acceptors (Lipinski definition) is 2. The van der Waals surface area contributed by atoms with Crippen molar-refractivity contribution in [1.29, 1.82) is 0 Å². The van der Waals surface area contributed by atoms with E-state index in [4.69, 9.17) is 5.11 Å². The van der Waals surface area contributed by atoms with Gasteiger partial charge in [0.1, 0.15) is 0 Å². The first kappa shape index (κ1) is 13.3. The largest absolute Gasteiger partial charge is 0.478 e. The van der Waals surface area contributed by atoms with E-state index in [2.05, 4.69) is 17.0 Å². The number of aromatic carboxylic acids is 1. The molecule has 1 N–H and O–H groups in total. The van der Waals surface area contributed by atoms with Gasteiger partial charge in [-0.05, 0) is 42.9 Å². The van der Waals surface area contributed by atoms with Gasteiger partial charge in [-0.3, -0.25) is 0 Å². The van der Waals surface area contributed by atoms with E-state index >= 15 is 0 Å². The molecule has 0 amide bonds. The number of carboxylic acids is 1. The molecule has 98 valence electrons. The Balaban J connectivity index is 2.27. The van der Waals surface area contributed by atoms with Crippen LogP contribution in [0.5, 0.6) is 0 Å². The highest BCUT2D eigenvalue weighted by Gasteiger charge is 2.05. The molecule has 2 aromatic carbocycles. The van der Waals surface area contributed by atoms with Gasteiger partial charge in [0, 0.05) is 6.54 Å². The third-order valence-corrected chi connectivity index (χ3v) is 2.90. The van der Waals surface area contributed by atoms with Crippen molar-refractivity contribution in [3.05, 3.63) is 59.7 Å².